The monoisotopic (exact) mass is 437 g/mol. The van der Waals surface area contributed by atoms with Crippen LogP contribution in [0.3, 0.4) is 0 Å². The highest BCUT2D eigenvalue weighted by Gasteiger charge is 2.26. The molecule has 0 radical (unpaired) electrons. The van der Waals surface area contributed by atoms with Crippen molar-refractivity contribution in [3.05, 3.63) is 65.4 Å². The fraction of sp³-hybridized carbons (Fsp3) is 0.385. The standard InChI is InChI=1S/C26H31NO5/c1-18-15-21-16-19(11-12-23(21)32-18)24(28)27(4)17-20-9-5-6-10-22(20)31-14-8-7-13-26(2,3)25(29)30/h5-6,9-12,15-16H,7-8,13-14,17H2,1-4H3,(H,29,30). The number of furan rings is 1. The summed E-state index contributed by atoms with van der Waals surface area (Å²) in [6.45, 7) is 6.29. The molecule has 0 bridgehead atoms. The number of benzene rings is 2. The molecule has 0 spiro atoms. The van der Waals surface area contributed by atoms with Gasteiger partial charge in [0.15, 0.2) is 0 Å². The summed E-state index contributed by atoms with van der Waals surface area (Å²) in [4.78, 5) is 25.8. The van der Waals surface area contributed by atoms with Gasteiger partial charge in [0.1, 0.15) is 17.1 Å². The summed E-state index contributed by atoms with van der Waals surface area (Å²) in [5, 5.41) is 10.1. The summed E-state index contributed by atoms with van der Waals surface area (Å²) >= 11 is 0. The molecule has 0 saturated heterocycles. The van der Waals surface area contributed by atoms with Gasteiger partial charge >= 0.3 is 5.97 Å². The molecular formula is C26H31NO5. The number of amides is 1. The maximum absolute atomic E-state index is 13.0. The van der Waals surface area contributed by atoms with Crippen molar-refractivity contribution in [1.82, 2.24) is 4.90 Å². The van der Waals surface area contributed by atoms with Crippen molar-refractivity contribution in [3.63, 3.8) is 0 Å². The second kappa shape index (κ2) is 9.90. The second-order valence-corrected chi connectivity index (χ2v) is 8.87. The quantitative estimate of drug-likeness (QED) is 0.413. The Balaban J connectivity index is 1.58. The molecule has 0 saturated carbocycles. The van der Waals surface area contributed by atoms with Crippen LogP contribution in [0.1, 0.15) is 54.8 Å². The van der Waals surface area contributed by atoms with Crippen molar-refractivity contribution in [1.29, 1.82) is 0 Å². The smallest absolute Gasteiger partial charge is 0.309 e. The Hall–Kier alpha value is -3.28. The topological polar surface area (TPSA) is 80.0 Å². The number of carboxylic acid groups (broad SMARTS) is 1. The molecule has 0 atom stereocenters. The van der Waals surface area contributed by atoms with E-state index in [0.29, 0.717) is 25.1 Å². The Bertz CT molecular complexity index is 1100. The van der Waals surface area contributed by atoms with E-state index in [-0.39, 0.29) is 5.91 Å². The highest BCUT2D eigenvalue weighted by Crippen LogP contribution is 2.25. The van der Waals surface area contributed by atoms with E-state index in [1.807, 2.05) is 49.4 Å². The number of carbonyl (C=O) groups is 2. The summed E-state index contributed by atoms with van der Waals surface area (Å²) in [6, 6.07) is 15.1. The Morgan fingerprint density at radius 3 is 2.59 bits per heavy atom. The van der Waals surface area contributed by atoms with Crippen LogP contribution in [0.25, 0.3) is 11.0 Å². The SMILES string of the molecule is Cc1cc2cc(C(=O)N(C)Cc3ccccc3OCCCCC(C)(C)C(=O)O)ccc2o1. The highest BCUT2D eigenvalue weighted by molar-refractivity contribution is 5.97. The van der Waals surface area contributed by atoms with Crippen LogP contribution in [0.5, 0.6) is 5.75 Å². The summed E-state index contributed by atoms with van der Waals surface area (Å²) in [5.41, 5.74) is 1.58. The molecule has 32 heavy (non-hydrogen) atoms. The number of fused-ring (bicyclic) bond motifs is 1. The molecule has 1 N–H and O–H groups in total. The number of rotatable bonds is 10. The van der Waals surface area contributed by atoms with Gasteiger partial charge in [-0.25, -0.2) is 0 Å². The molecule has 0 aliphatic heterocycles. The van der Waals surface area contributed by atoms with Crippen LogP contribution < -0.4 is 4.74 Å². The summed E-state index contributed by atoms with van der Waals surface area (Å²) < 4.78 is 11.6. The Morgan fingerprint density at radius 1 is 1.09 bits per heavy atom. The van der Waals surface area contributed by atoms with Crippen LogP contribution in [0.4, 0.5) is 0 Å². The predicted octanol–water partition coefficient (Wildman–Crippen LogP) is 5.67. The highest BCUT2D eigenvalue weighted by atomic mass is 16.5. The van der Waals surface area contributed by atoms with E-state index in [1.165, 1.54) is 0 Å². The number of aliphatic carboxylic acids is 1. The molecule has 0 fully saturated rings. The van der Waals surface area contributed by atoms with E-state index in [2.05, 4.69) is 0 Å². The average molecular weight is 438 g/mol. The number of hydrogen-bond donors (Lipinski definition) is 1. The summed E-state index contributed by atoms with van der Waals surface area (Å²) in [7, 11) is 1.78. The molecule has 1 heterocycles. The van der Waals surface area contributed by atoms with Crippen LogP contribution in [0.15, 0.2) is 52.9 Å². The zero-order chi connectivity index (χ0) is 23.3. The molecule has 1 aromatic heterocycles. The van der Waals surface area contributed by atoms with Gasteiger partial charge in [0.2, 0.25) is 0 Å². The lowest BCUT2D eigenvalue weighted by Crippen LogP contribution is -2.26. The van der Waals surface area contributed by atoms with Gasteiger partial charge in [-0.15, -0.1) is 0 Å². The van der Waals surface area contributed by atoms with Crippen LogP contribution in [-0.4, -0.2) is 35.5 Å². The molecule has 2 aromatic carbocycles. The number of aryl methyl sites for hydroxylation is 1. The molecule has 0 aliphatic carbocycles. The van der Waals surface area contributed by atoms with E-state index in [9.17, 15) is 14.7 Å². The van der Waals surface area contributed by atoms with E-state index < -0.39 is 11.4 Å². The minimum Gasteiger partial charge on any atom is -0.493 e. The van der Waals surface area contributed by atoms with Crippen molar-refractivity contribution in [2.24, 2.45) is 5.41 Å². The van der Waals surface area contributed by atoms with Crippen molar-refractivity contribution < 1.29 is 23.8 Å². The third kappa shape index (κ3) is 5.69. The largest absolute Gasteiger partial charge is 0.493 e. The zero-order valence-corrected chi connectivity index (χ0v) is 19.2. The lowest BCUT2D eigenvalue weighted by molar-refractivity contribution is -0.147. The van der Waals surface area contributed by atoms with Gasteiger partial charge < -0.3 is 19.2 Å². The molecule has 3 rings (SSSR count). The average Bonchev–Trinajstić information content (AvgIpc) is 3.13. The Labute approximate surface area is 188 Å². The van der Waals surface area contributed by atoms with Gasteiger partial charge in [0.25, 0.3) is 5.91 Å². The fourth-order valence-corrected chi connectivity index (χ4v) is 3.59. The zero-order valence-electron chi connectivity index (χ0n) is 19.2. The van der Waals surface area contributed by atoms with E-state index in [1.54, 1.807) is 31.9 Å². The number of ether oxygens (including phenoxy) is 1. The molecule has 170 valence electrons. The van der Waals surface area contributed by atoms with Crippen molar-refractivity contribution in [3.8, 4) is 5.75 Å². The normalized spacial score (nSPS) is 11.5. The number of unbranched alkanes of at least 4 members (excludes halogenated alkanes) is 1. The van der Waals surface area contributed by atoms with Gasteiger partial charge in [0, 0.05) is 30.1 Å². The number of para-hydroxylation sites is 1. The predicted molar refractivity (Wildman–Crippen MR) is 124 cm³/mol. The Morgan fingerprint density at radius 2 is 1.84 bits per heavy atom. The van der Waals surface area contributed by atoms with Gasteiger partial charge in [-0.2, -0.15) is 0 Å². The maximum atomic E-state index is 13.0. The summed E-state index contributed by atoms with van der Waals surface area (Å²) in [5.74, 6) is 0.705. The lowest BCUT2D eigenvalue weighted by Gasteiger charge is -2.20. The molecule has 0 aliphatic rings. The van der Waals surface area contributed by atoms with Gasteiger partial charge in [-0.1, -0.05) is 18.2 Å². The van der Waals surface area contributed by atoms with E-state index in [0.717, 1.165) is 40.9 Å². The minimum atomic E-state index is -0.779. The van der Waals surface area contributed by atoms with Gasteiger partial charge in [-0.3, -0.25) is 9.59 Å². The molecule has 3 aromatic rings. The van der Waals surface area contributed by atoms with Gasteiger partial charge in [-0.05, 0) is 70.4 Å². The number of carboxylic acids is 1. The summed E-state index contributed by atoms with van der Waals surface area (Å²) in [6.07, 6.45) is 2.14. The van der Waals surface area contributed by atoms with Gasteiger partial charge in [0.05, 0.1) is 12.0 Å². The number of carbonyl (C=O) groups excluding carboxylic acids is 1. The number of hydrogen-bond acceptors (Lipinski definition) is 4. The van der Waals surface area contributed by atoms with Crippen molar-refractivity contribution >= 4 is 22.8 Å². The second-order valence-electron chi connectivity index (χ2n) is 8.87. The number of nitrogens with zero attached hydrogens (tertiary/aromatic N) is 1. The molecule has 6 heteroatoms. The fourth-order valence-electron chi connectivity index (χ4n) is 3.59. The van der Waals surface area contributed by atoms with Crippen LogP contribution in [-0.2, 0) is 11.3 Å². The first-order valence-electron chi connectivity index (χ1n) is 10.9. The van der Waals surface area contributed by atoms with Crippen molar-refractivity contribution in [2.45, 2.75) is 46.6 Å². The Kier molecular flexibility index (Phi) is 7.23. The van der Waals surface area contributed by atoms with Crippen LogP contribution in [0.2, 0.25) is 0 Å². The lowest BCUT2D eigenvalue weighted by atomic mass is 9.87. The molecule has 6 nitrogen and oxygen atoms in total. The van der Waals surface area contributed by atoms with Crippen LogP contribution >= 0.6 is 0 Å². The molecule has 0 unspecified atom stereocenters. The first kappa shape index (κ1) is 23.4. The third-order valence-corrected chi connectivity index (χ3v) is 5.65. The first-order valence-corrected chi connectivity index (χ1v) is 10.9. The third-order valence-electron chi connectivity index (χ3n) is 5.65. The minimum absolute atomic E-state index is 0.0727. The van der Waals surface area contributed by atoms with Crippen LogP contribution in [0, 0.1) is 12.3 Å². The van der Waals surface area contributed by atoms with Crippen molar-refractivity contribution in [2.75, 3.05) is 13.7 Å². The maximum Gasteiger partial charge on any atom is 0.309 e. The molecule has 1 amide bonds. The van der Waals surface area contributed by atoms with E-state index in [4.69, 9.17) is 9.15 Å². The first-order chi connectivity index (χ1) is 15.2. The van der Waals surface area contributed by atoms with E-state index >= 15 is 0 Å². The molecular weight excluding hydrogens is 406 g/mol.